The largest absolute Gasteiger partial charge is 0.484 e. The topological polar surface area (TPSA) is 89.5 Å². The lowest BCUT2D eigenvalue weighted by molar-refractivity contribution is -0.118. The van der Waals surface area contributed by atoms with Crippen molar-refractivity contribution in [2.45, 2.75) is 11.8 Å². The number of benzene rings is 3. The lowest BCUT2D eigenvalue weighted by atomic mass is 10.0. The summed E-state index contributed by atoms with van der Waals surface area (Å²) >= 11 is 0. The minimum Gasteiger partial charge on any atom is -0.484 e. The first-order chi connectivity index (χ1) is 14.2. The summed E-state index contributed by atoms with van der Waals surface area (Å²) in [5.74, 6) is -0.0781. The Hall–Kier alpha value is -3.45. The minimum absolute atomic E-state index is 0.0962. The lowest BCUT2D eigenvalue weighted by Gasteiger charge is -2.11. The van der Waals surface area contributed by atoms with Gasteiger partial charge in [0, 0.05) is 23.1 Å². The average molecular weight is 423 g/mol. The monoisotopic (exact) mass is 423 g/mol. The van der Waals surface area contributed by atoms with E-state index in [0.29, 0.717) is 22.6 Å². The molecule has 6 nitrogen and oxygen atoms in total. The van der Waals surface area contributed by atoms with Crippen LogP contribution in [0.25, 0.3) is 0 Å². The zero-order valence-electron chi connectivity index (χ0n) is 16.6. The molecule has 0 saturated heterocycles. The van der Waals surface area contributed by atoms with Gasteiger partial charge in [-0.05, 0) is 48.9 Å². The van der Waals surface area contributed by atoms with Crippen LogP contribution in [0, 0.1) is 6.92 Å². The number of carbonyl (C=O) groups excluding carboxylic acids is 2. The van der Waals surface area contributed by atoms with Crippen LogP contribution in [0.5, 0.6) is 5.75 Å². The van der Waals surface area contributed by atoms with E-state index in [1.165, 1.54) is 12.1 Å². The predicted octanol–water partition coefficient (Wildman–Crippen LogP) is 3.65. The number of ether oxygens (including phenoxy) is 1. The maximum atomic E-state index is 12.4. The van der Waals surface area contributed by atoms with Crippen molar-refractivity contribution in [2.24, 2.45) is 0 Å². The molecule has 0 atom stereocenters. The molecule has 7 heteroatoms. The molecule has 1 amide bonds. The molecule has 3 rings (SSSR count). The van der Waals surface area contributed by atoms with E-state index in [-0.39, 0.29) is 17.3 Å². The third-order valence-electron chi connectivity index (χ3n) is 4.43. The maximum Gasteiger partial charge on any atom is 0.262 e. The van der Waals surface area contributed by atoms with Crippen molar-refractivity contribution in [1.82, 2.24) is 0 Å². The molecule has 0 saturated carbocycles. The third kappa shape index (κ3) is 5.33. The summed E-state index contributed by atoms with van der Waals surface area (Å²) in [5, 5.41) is 2.66. The summed E-state index contributed by atoms with van der Waals surface area (Å²) in [5.41, 5.74) is 2.26. The number of hydrogen-bond acceptors (Lipinski definition) is 5. The predicted molar refractivity (Wildman–Crippen MR) is 115 cm³/mol. The Morgan fingerprint density at radius 2 is 1.53 bits per heavy atom. The van der Waals surface area contributed by atoms with Crippen LogP contribution in [0.2, 0.25) is 0 Å². The highest BCUT2D eigenvalue weighted by Gasteiger charge is 2.12. The van der Waals surface area contributed by atoms with Gasteiger partial charge in [-0.2, -0.15) is 0 Å². The van der Waals surface area contributed by atoms with E-state index in [2.05, 4.69) is 5.32 Å². The van der Waals surface area contributed by atoms with Gasteiger partial charge < -0.3 is 10.1 Å². The van der Waals surface area contributed by atoms with Crippen LogP contribution in [-0.2, 0) is 14.6 Å². The molecule has 0 spiro atoms. The van der Waals surface area contributed by atoms with E-state index in [4.69, 9.17) is 4.74 Å². The van der Waals surface area contributed by atoms with E-state index in [9.17, 15) is 18.0 Å². The van der Waals surface area contributed by atoms with E-state index in [1.54, 1.807) is 61.5 Å². The zero-order valence-corrected chi connectivity index (χ0v) is 17.4. The standard InChI is InChI=1S/C23H21NO5S/c1-16-8-13-20(30(2,27)28)14-21(16)24-22(25)15-29-19-11-9-18(10-12-19)23(26)17-6-4-3-5-7-17/h3-14H,15H2,1-2H3,(H,24,25). The smallest absolute Gasteiger partial charge is 0.262 e. The van der Waals surface area contributed by atoms with Gasteiger partial charge in [0.1, 0.15) is 5.75 Å². The maximum absolute atomic E-state index is 12.4. The molecule has 1 N–H and O–H groups in total. The number of carbonyl (C=O) groups is 2. The number of anilines is 1. The van der Waals surface area contributed by atoms with Gasteiger partial charge in [0.05, 0.1) is 4.90 Å². The second-order valence-electron chi connectivity index (χ2n) is 6.81. The van der Waals surface area contributed by atoms with E-state index >= 15 is 0 Å². The number of nitrogens with one attached hydrogen (secondary N) is 1. The van der Waals surface area contributed by atoms with E-state index in [0.717, 1.165) is 11.8 Å². The van der Waals surface area contributed by atoms with Crippen LogP contribution < -0.4 is 10.1 Å². The van der Waals surface area contributed by atoms with Crippen molar-refractivity contribution >= 4 is 27.2 Å². The van der Waals surface area contributed by atoms with Gasteiger partial charge in [-0.1, -0.05) is 36.4 Å². The van der Waals surface area contributed by atoms with Gasteiger partial charge in [-0.15, -0.1) is 0 Å². The Balaban J connectivity index is 1.61. The van der Waals surface area contributed by atoms with E-state index < -0.39 is 15.7 Å². The summed E-state index contributed by atoms with van der Waals surface area (Å²) in [7, 11) is -3.37. The van der Waals surface area contributed by atoms with Gasteiger partial charge >= 0.3 is 0 Å². The molecule has 0 fully saturated rings. The molecule has 0 aromatic heterocycles. The highest BCUT2D eigenvalue weighted by Crippen LogP contribution is 2.20. The van der Waals surface area contributed by atoms with Crippen molar-refractivity contribution < 1.29 is 22.7 Å². The van der Waals surface area contributed by atoms with Crippen LogP contribution in [0.3, 0.4) is 0 Å². The normalized spacial score (nSPS) is 11.0. The lowest BCUT2D eigenvalue weighted by Crippen LogP contribution is -2.21. The van der Waals surface area contributed by atoms with Crippen LogP contribution in [0.15, 0.2) is 77.7 Å². The molecule has 154 valence electrons. The third-order valence-corrected chi connectivity index (χ3v) is 5.54. The molecule has 0 aliphatic carbocycles. The fraction of sp³-hybridized carbons (Fsp3) is 0.130. The molecule has 3 aromatic rings. The Bertz CT molecular complexity index is 1170. The van der Waals surface area contributed by atoms with Crippen LogP contribution in [0.1, 0.15) is 21.5 Å². The van der Waals surface area contributed by atoms with Crippen molar-refractivity contribution in [3.63, 3.8) is 0 Å². The van der Waals surface area contributed by atoms with Crippen LogP contribution in [0.4, 0.5) is 5.69 Å². The fourth-order valence-electron chi connectivity index (χ4n) is 2.76. The highest BCUT2D eigenvalue weighted by atomic mass is 32.2. The molecule has 0 bridgehead atoms. The van der Waals surface area contributed by atoms with Crippen LogP contribution in [-0.4, -0.2) is 33.0 Å². The number of ketones is 1. The molecule has 0 aliphatic rings. The summed E-state index contributed by atoms with van der Waals surface area (Å²) in [6.07, 6.45) is 1.11. The summed E-state index contributed by atoms with van der Waals surface area (Å²) < 4.78 is 28.9. The first kappa shape index (κ1) is 21.3. The Labute approximate surface area is 175 Å². The van der Waals surface area contributed by atoms with Gasteiger partial charge in [0.25, 0.3) is 5.91 Å². The number of rotatable bonds is 7. The molecule has 0 aliphatic heterocycles. The molecule has 3 aromatic carbocycles. The SMILES string of the molecule is Cc1ccc(S(C)(=O)=O)cc1NC(=O)COc1ccc(C(=O)c2ccccc2)cc1. The van der Waals surface area contributed by atoms with Crippen molar-refractivity contribution in [3.8, 4) is 5.75 Å². The summed E-state index contributed by atoms with van der Waals surface area (Å²) in [6.45, 7) is 1.51. The van der Waals surface area contributed by atoms with Crippen LogP contribution >= 0.6 is 0 Å². The van der Waals surface area contributed by atoms with Crippen molar-refractivity contribution in [2.75, 3.05) is 18.2 Å². The van der Waals surface area contributed by atoms with Crippen molar-refractivity contribution in [3.05, 3.63) is 89.5 Å². The number of aryl methyl sites for hydroxylation is 1. The summed E-state index contributed by atoms with van der Waals surface area (Å²) in [4.78, 5) is 24.8. The second kappa shape index (κ2) is 8.92. The van der Waals surface area contributed by atoms with Gasteiger partial charge in [-0.3, -0.25) is 9.59 Å². The molecule has 0 radical (unpaired) electrons. The molecule has 30 heavy (non-hydrogen) atoms. The Kier molecular flexibility index (Phi) is 6.32. The minimum atomic E-state index is -3.37. The molecule has 0 heterocycles. The number of hydrogen-bond donors (Lipinski definition) is 1. The number of sulfone groups is 1. The van der Waals surface area contributed by atoms with Gasteiger partial charge in [0.15, 0.2) is 22.2 Å². The average Bonchev–Trinajstić information content (AvgIpc) is 2.73. The van der Waals surface area contributed by atoms with Gasteiger partial charge in [0.2, 0.25) is 0 Å². The molecular weight excluding hydrogens is 402 g/mol. The highest BCUT2D eigenvalue weighted by molar-refractivity contribution is 7.90. The Morgan fingerprint density at radius 1 is 0.900 bits per heavy atom. The molecule has 0 unspecified atom stereocenters. The zero-order chi connectivity index (χ0) is 21.7. The van der Waals surface area contributed by atoms with Gasteiger partial charge in [-0.25, -0.2) is 8.42 Å². The number of amides is 1. The first-order valence-corrected chi connectivity index (χ1v) is 11.1. The quantitative estimate of drug-likeness (QED) is 0.586. The summed E-state index contributed by atoms with van der Waals surface area (Å²) in [6, 6.07) is 20.0. The first-order valence-electron chi connectivity index (χ1n) is 9.17. The van der Waals surface area contributed by atoms with Crippen molar-refractivity contribution in [1.29, 1.82) is 0 Å². The van der Waals surface area contributed by atoms with E-state index in [1.807, 2.05) is 6.07 Å². The second-order valence-corrected chi connectivity index (χ2v) is 8.82. The molecular formula is C23H21NO5S. The Morgan fingerprint density at radius 3 is 2.17 bits per heavy atom. The fourth-order valence-corrected chi connectivity index (χ4v) is 3.41.